The Morgan fingerprint density at radius 3 is 1.88 bits per heavy atom. The maximum absolute atomic E-state index is 13.4. The summed E-state index contributed by atoms with van der Waals surface area (Å²) in [6.07, 6.45) is 3.92. The summed E-state index contributed by atoms with van der Waals surface area (Å²) in [5.74, 6) is -1.39. The summed E-state index contributed by atoms with van der Waals surface area (Å²) >= 11 is 23.9. The third-order valence-electron chi connectivity index (χ3n) is 10.5. The molecule has 2 aliphatic heterocycles. The van der Waals surface area contributed by atoms with Crippen molar-refractivity contribution in [3.63, 3.8) is 0 Å². The number of halogens is 4. The minimum atomic E-state index is -0.746. The molecule has 4 aromatic carbocycles. The second kappa shape index (κ2) is 21.7. The molecule has 1 saturated carbocycles. The SMILES string of the molecule is CC(=O)CC(=O)N1CC(=NOCc2ccc(Cl)c(Cl)c2)C[C@H]1C(=O)NC1CC1.O=C(Nc1ccc2ncccc2c1)[C@@H]1CC(=NOCc2ccc(Cl)c(Cl)c2)CN1C(=O)c1ccccc1. The molecule has 1 aliphatic carbocycles. The number of oxime groups is 2. The predicted octanol–water partition coefficient (Wildman–Crippen LogP) is 8.69. The highest BCUT2D eigenvalue weighted by Crippen LogP contribution is 2.27. The lowest BCUT2D eigenvalue weighted by molar-refractivity contribution is -0.140. The molecule has 2 atom stereocenters. The summed E-state index contributed by atoms with van der Waals surface area (Å²) in [5, 5.41) is 16.8. The number of hydrogen-bond acceptors (Lipinski definition) is 10. The predicted molar refractivity (Wildman–Crippen MR) is 250 cm³/mol. The van der Waals surface area contributed by atoms with Gasteiger partial charge >= 0.3 is 0 Å². The molecule has 18 heteroatoms. The van der Waals surface area contributed by atoms with Gasteiger partial charge in [0.15, 0.2) is 0 Å². The van der Waals surface area contributed by atoms with Crippen molar-refractivity contribution in [2.75, 3.05) is 18.4 Å². The first-order valence-corrected chi connectivity index (χ1v) is 22.2. The molecule has 2 N–H and O–H groups in total. The molecule has 1 aromatic heterocycles. The van der Waals surface area contributed by atoms with Gasteiger partial charge in [-0.15, -0.1) is 0 Å². The molecule has 0 unspecified atom stereocenters. The molecule has 5 aromatic rings. The Labute approximate surface area is 394 Å². The van der Waals surface area contributed by atoms with Crippen LogP contribution in [0.15, 0.2) is 114 Å². The van der Waals surface area contributed by atoms with Crippen molar-refractivity contribution in [3.8, 4) is 0 Å². The normalized spacial score (nSPS) is 18.0. The number of amides is 4. The summed E-state index contributed by atoms with van der Waals surface area (Å²) in [6.45, 7) is 2.05. The van der Waals surface area contributed by atoms with Gasteiger partial charge in [-0.05, 0) is 91.6 Å². The molecule has 4 amide bonds. The molecule has 336 valence electrons. The van der Waals surface area contributed by atoms with Crippen LogP contribution in [0.4, 0.5) is 5.69 Å². The number of Topliss-reactive ketones (excluding diaryl/α,β-unsaturated/α-hetero) is 1. The zero-order valence-corrected chi connectivity index (χ0v) is 38.0. The number of hydrogen-bond donors (Lipinski definition) is 2. The van der Waals surface area contributed by atoms with Crippen molar-refractivity contribution >= 4 is 104 Å². The second-order valence-electron chi connectivity index (χ2n) is 15.7. The third kappa shape index (κ3) is 12.8. The van der Waals surface area contributed by atoms with Crippen LogP contribution in [-0.2, 0) is 42.1 Å². The number of carbonyl (C=O) groups is 5. The van der Waals surface area contributed by atoms with Crippen molar-refractivity contribution in [2.24, 2.45) is 10.3 Å². The van der Waals surface area contributed by atoms with Gasteiger partial charge in [0.25, 0.3) is 5.91 Å². The number of carbonyl (C=O) groups excluding carboxylic acids is 5. The van der Waals surface area contributed by atoms with Crippen LogP contribution in [-0.4, -0.2) is 86.8 Å². The zero-order chi connectivity index (χ0) is 46.0. The van der Waals surface area contributed by atoms with Crippen LogP contribution in [0.2, 0.25) is 20.1 Å². The highest BCUT2D eigenvalue weighted by atomic mass is 35.5. The quantitative estimate of drug-likeness (QED) is 0.0872. The number of nitrogens with one attached hydrogen (secondary N) is 2. The Morgan fingerprint density at radius 1 is 0.692 bits per heavy atom. The van der Waals surface area contributed by atoms with Crippen LogP contribution in [0, 0.1) is 0 Å². The fourth-order valence-electron chi connectivity index (χ4n) is 7.11. The van der Waals surface area contributed by atoms with E-state index in [0.717, 1.165) is 34.9 Å². The van der Waals surface area contributed by atoms with Gasteiger partial charge in [-0.2, -0.15) is 0 Å². The average Bonchev–Trinajstić information content (AvgIpc) is 3.83. The molecule has 3 heterocycles. The van der Waals surface area contributed by atoms with Gasteiger partial charge in [0.1, 0.15) is 31.1 Å². The van der Waals surface area contributed by atoms with Crippen LogP contribution in [0.25, 0.3) is 10.9 Å². The number of aromatic nitrogens is 1. The lowest BCUT2D eigenvalue weighted by Crippen LogP contribution is -2.46. The highest BCUT2D eigenvalue weighted by Gasteiger charge is 2.40. The van der Waals surface area contributed by atoms with E-state index in [2.05, 4.69) is 25.9 Å². The van der Waals surface area contributed by atoms with Crippen LogP contribution in [0.1, 0.15) is 60.5 Å². The van der Waals surface area contributed by atoms with E-state index in [4.69, 9.17) is 56.1 Å². The summed E-state index contributed by atoms with van der Waals surface area (Å²) in [6, 6.07) is 27.2. The maximum atomic E-state index is 13.4. The maximum Gasteiger partial charge on any atom is 0.254 e. The van der Waals surface area contributed by atoms with E-state index in [1.807, 2.05) is 30.3 Å². The zero-order valence-electron chi connectivity index (χ0n) is 35.0. The number of rotatable bonds is 13. The molecular weight excluding hydrogens is 916 g/mol. The molecule has 0 spiro atoms. The minimum absolute atomic E-state index is 0.163. The molecule has 8 rings (SSSR count). The average molecular weight is 960 g/mol. The van der Waals surface area contributed by atoms with Crippen molar-refractivity contribution in [3.05, 3.63) is 140 Å². The topological polar surface area (TPSA) is 172 Å². The molecule has 2 saturated heterocycles. The van der Waals surface area contributed by atoms with Gasteiger partial charge in [0.2, 0.25) is 17.7 Å². The van der Waals surface area contributed by atoms with Gasteiger partial charge in [-0.1, -0.05) is 93.1 Å². The Hall–Kier alpha value is -6.06. The van der Waals surface area contributed by atoms with Gasteiger partial charge in [-0.25, -0.2) is 0 Å². The molecule has 0 radical (unpaired) electrons. The van der Waals surface area contributed by atoms with Crippen molar-refractivity contribution in [1.29, 1.82) is 0 Å². The summed E-state index contributed by atoms with van der Waals surface area (Å²) in [4.78, 5) is 81.0. The van der Waals surface area contributed by atoms with E-state index in [9.17, 15) is 24.0 Å². The van der Waals surface area contributed by atoms with Gasteiger partial charge in [0.05, 0.1) is 56.5 Å². The third-order valence-corrected chi connectivity index (χ3v) is 12.0. The monoisotopic (exact) mass is 957 g/mol. The number of fused-ring (bicyclic) bond motifs is 1. The Kier molecular flexibility index (Phi) is 15.7. The van der Waals surface area contributed by atoms with Crippen LogP contribution in [0.5, 0.6) is 0 Å². The number of benzene rings is 4. The smallest absolute Gasteiger partial charge is 0.254 e. The fraction of sp³-hybridized carbons (Fsp3) is 0.277. The molecular formula is C47H43Cl4N7O7. The minimum Gasteiger partial charge on any atom is -0.391 e. The second-order valence-corrected chi connectivity index (χ2v) is 17.3. The molecule has 0 bridgehead atoms. The lowest BCUT2D eigenvalue weighted by atomic mass is 10.1. The van der Waals surface area contributed by atoms with Crippen molar-refractivity contribution in [1.82, 2.24) is 20.1 Å². The van der Waals surface area contributed by atoms with E-state index in [-0.39, 0.29) is 81.0 Å². The fourth-order valence-corrected chi connectivity index (χ4v) is 7.75. The number of pyridine rings is 1. The Balaban J connectivity index is 0.000000202. The first-order valence-electron chi connectivity index (χ1n) is 20.7. The Morgan fingerprint density at radius 2 is 1.29 bits per heavy atom. The number of ketones is 1. The Bertz CT molecular complexity index is 2660. The van der Waals surface area contributed by atoms with Crippen molar-refractivity contribution in [2.45, 2.75) is 70.4 Å². The highest BCUT2D eigenvalue weighted by molar-refractivity contribution is 6.42. The lowest BCUT2D eigenvalue weighted by Gasteiger charge is -2.23. The standard InChI is InChI=1S/C28H22Cl2N4O3.C19H21Cl2N3O4/c29-23-10-8-18(13-24(23)30)17-37-33-22-15-26(34(16-22)28(36)19-5-2-1-3-6-19)27(35)32-21-9-11-25-20(14-21)7-4-12-31-25;1-11(25)6-18(26)24-9-14(8-17(24)19(27)22-13-3-4-13)23-28-10-12-2-5-15(20)16(21)7-12/h1-14,26H,15-17H2,(H,32,35);2,5,7,13,17H,3-4,6,8-10H2,1H3,(H,22,27)/t26-;17-/m00/s1. The summed E-state index contributed by atoms with van der Waals surface area (Å²) in [7, 11) is 0. The molecule has 3 fully saturated rings. The molecule has 14 nitrogen and oxygen atoms in total. The number of likely N-dealkylation sites (tertiary alicyclic amines) is 2. The first-order chi connectivity index (χ1) is 31.3. The van der Waals surface area contributed by atoms with E-state index < -0.39 is 12.1 Å². The first kappa shape index (κ1) is 46.9. The van der Waals surface area contributed by atoms with Crippen LogP contribution in [0.3, 0.4) is 0 Å². The van der Waals surface area contributed by atoms with E-state index >= 15 is 0 Å². The number of nitrogens with zero attached hydrogens (tertiary/aromatic N) is 5. The summed E-state index contributed by atoms with van der Waals surface area (Å²) < 4.78 is 0. The summed E-state index contributed by atoms with van der Waals surface area (Å²) in [5.41, 5.74) is 4.71. The van der Waals surface area contributed by atoms with E-state index in [1.54, 1.807) is 72.9 Å². The molecule has 65 heavy (non-hydrogen) atoms. The van der Waals surface area contributed by atoms with E-state index in [1.165, 1.54) is 16.7 Å². The van der Waals surface area contributed by atoms with Gasteiger partial charge < -0.3 is 30.1 Å². The number of anilines is 1. The van der Waals surface area contributed by atoms with Crippen molar-refractivity contribution < 1.29 is 33.6 Å². The van der Waals surface area contributed by atoms with Gasteiger partial charge in [0, 0.05) is 41.7 Å². The van der Waals surface area contributed by atoms with Gasteiger partial charge in [-0.3, -0.25) is 29.0 Å². The molecule has 3 aliphatic rings. The van der Waals surface area contributed by atoms with Crippen LogP contribution < -0.4 is 10.6 Å². The van der Waals surface area contributed by atoms with Crippen LogP contribution >= 0.6 is 46.4 Å². The largest absolute Gasteiger partial charge is 0.391 e. The van der Waals surface area contributed by atoms with E-state index in [0.29, 0.717) is 42.8 Å².